The van der Waals surface area contributed by atoms with E-state index < -0.39 is 0 Å². The maximum Gasteiger partial charge on any atom is 0.326 e. The second-order valence-corrected chi connectivity index (χ2v) is 7.87. The van der Waals surface area contributed by atoms with Gasteiger partial charge in [0.15, 0.2) is 0 Å². The van der Waals surface area contributed by atoms with E-state index in [1.165, 1.54) is 12.1 Å². The fourth-order valence-corrected chi connectivity index (χ4v) is 4.56. The summed E-state index contributed by atoms with van der Waals surface area (Å²) in [6.45, 7) is 1.34. The lowest BCUT2D eigenvalue weighted by Crippen LogP contribution is -2.41. The standard InChI is InChI=1S/C22H22FN3O2/c23-15-7-5-14(6-8-15)17-13-18(17)21(27)25-11-9-16(10-12-25)26-20-4-2-1-3-19(20)24-22(26)28/h1-8,16-18H,9-13H2,(H,24,28)/t17-,18-/m1/s1. The van der Waals surface area contributed by atoms with E-state index in [2.05, 4.69) is 4.98 Å². The summed E-state index contributed by atoms with van der Waals surface area (Å²) in [5.41, 5.74) is 2.74. The number of piperidine rings is 1. The molecular weight excluding hydrogens is 357 g/mol. The molecule has 28 heavy (non-hydrogen) atoms. The molecule has 1 aromatic heterocycles. The third-order valence-corrected chi connectivity index (χ3v) is 6.17. The average molecular weight is 379 g/mol. The van der Waals surface area contributed by atoms with Crippen LogP contribution in [0.1, 0.15) is 36.8 Å². The number of hydrogen-bond acceptors (Lipinski definition) is 2. The molecule has 0 radical (unpaired) electrons. The third-order valence-electron chi connectivity index (χ3n) is 6.17. The van der Waals surface area contributed by atoms with Crippen LogP contribution in [0.15, 0.2) is 53.3 Å². The van der Waals surface area contributed by atoms with Gasteiger partial charge in [-0.2, -0.15) is 0 Å². The number of nitrogens with zero attached hydrogens (tertiary/aromatic N) is 2. The quantitative estimate of drug-likeness (QED) is 0.758. The van der Waals surface area contributed by atoms with Gasteiger partial charge in [0, 0.05) is 25.0 Å². The van der Waals surface area contributed by atoms with Gasteiger partial charge in [0.05, 0.1) is 11.0 Å². The summed E-state index contributed by atoms with van der Waals surface area (Å²) in [4.78, 5) is 30.1. The Morgan fingerprint density at radius 1 is 1.04 bits per heavy atom. The van der Waals surface area contributed by atoms with Gasteiger partial charge in [0.2, 0.25) is 5.91 Å². The molecule has 0 spiro atoms. The number of fused-ring (bicyclic) bond motifs is 1. The van der Waals surface area contributed by atoms with Gasteiger partial charge >= 0.3 is 5.69 Å². The van der Waals surface area contributed by atoms with Crippen LogP contribution in [0.3, 0.4) is 0 Å². The Bertz CT molecular complexity index is 1080. The number of H-pyrrole nitrogens is 1. The molecule has 1 N–H and O–H groups in total. The zero-order valence-corrected chi connectivity index (χ0v) is 15.5. The number of para-hydroxylation sites is 2. The molecule has 1 saturated heterocycles. The van der Waals surface area contributed by atoms with E-state index in [1.807, 2.05) is 33.7 Å². The van der Waals surface area contributed by atoms with Gasteiger partial charge in [-0.15, -0.1) is 0 Å². The minimum absolute atomic E-state index is 0.0119. The lowest BCUT2D eigenvalue weighted by molar-refractivity contribution is -0.134. The van der Waals surface area contributed by atoms with E-state index in [0.717, 1.165) is 35.9 Å². The largest absolute Gasteiger partial charge is 0.342 e. The van der Waals surface area contributed by atoms with Gasteiger partial charge in [-0.05, 0) is 55.0 Å². The first-order chi connectivity index (χ1) is 13.6. The highest BCUT2D eigenvalue weighted by Gasteiger charge is 2.46. The zero-order chi connectivity index (χ0) is 19.3. The number of imidazole rings is 1. The summed E-state index contributed by atoms with van der Waals surface area (Å²) < 4.78 is 14.9. The summed E-state index contributed by atoms with van der Waals surface area (Å²) in [7, 11) is 0. The first kappa shape index (κ1) is 17.2. The lowest BCUT2D eigenvalue weighted by Gasteiger charge is -2.32. The van der Waals surface area contributed by atoms with Crippen molar-refractivity contribution >= 4 is 16.9 Å². The minimum Gasteiger partial charge on any atom is -0.342 e. The van der Waals surface area contributed by atoms with E-state index in [9.17, 15) is 14.0 Å². The predicted octanol–water partition coefficient (Wildman–Crippen LogP) is 3.44. The van der Waals surface area contributed by atoms with Crippen LogP contribution < -0.4 is 5.69 Å². The number of carbonyl (C=O) groups excluding carboxylic acids is 1. The van der Waals surface area contributed by atoms with E-state index in [-0.39, 0.29) is 35.3 Å². The Kier molecular flexibility index (Phi) is 4.07. The number of nitrogens with one attached hydrogen (secondary N) is 1. The molecule has 6 heteroatoms. The Hall–Kier alpha value is -2.89. The van der Waals surface area contributed by atoms with Gasteiger partial charge in [0.1, 0.15) is 5.82 Å². The number of amides is 1. The molecule has 2 aromatic carbocycles. The van der Waals surface area contributed by atoms with Crippen molar-refractivity contribution in [2.75, 3.05) is 13.1 Å². The van der Waals surface area contributed by atoms with Crippen molar-refractivity contribution in [2.24, 2.45) is 5.92 Å². The summed E-state index contributed by atoms with van der Waals surface area (Å²) in [6, 6.07) is 14.3. The molecule has 1 amide bonds. The van der Waals surface area contributed by atoms with E-state index in [1.54, 1.807) is 12.1 Å². The van der Waals surface area contributed by atoms with Crippen molar-refractivity contribution in [1.82, 2.24) is 14.5 Å². The minimum atomic E-state index is -0.248. The molecule has 2 atom stereocenters. The Morgan fingerprint density at radius 2 is 1.75 bits per heavy atom. The number of hydrogen-bond donors (Lipinski definition) is 1. The molecule has 2 fully saturated rings. The number of aromatic nitrogens is 2. The van der Waals surface area contributed by atoms with Crippen LogP contribution in [0.4, 0.5) is 4.39 Å². The molecule has 1 aliphatic carbocycles. The molecular formula is C22H22FN3O2. The summed E-state index contributed by atoms with van der Waals surface area (Å²) >= 11 is 0. The second-order valence-electron chi connectivity index (χ2n) is 7.87. The highest BCUT2D eigenvalue weighted by atomic mass is 19.1. The number of likely N-dealkylation sites (tertiary alicyclic amines) is 1. The van der Waals surface area contributed by atoms with Gasteiger partial charge in [0.25, 0.3) is 0 Å². The number of rotatable bonds is 3. The van der Waals surface area contributed by atoms with Crippen LogP contribution in [0.2, 0.25) is 0 Å². The molecule has 0 unspecified atom stereocenters. The van der Waals surface area contributed by atoms with Crippen molar-refractivity contribution in [3.8, 4) is 0 Å². The number of benzene rings is 2. The van der Waals surface area contributed by atoms with Gasteiger partial charge in [-0.1, -0.05) is 24.3 Å². The molecule has 5 rings (SSSR count). The average Bonchev–Trinajstić information content (AvgIpc) is 3.44. The lowest BCUT2D eigenvalue weighted by atomic mass is 10.0. The highest BCUT2D eigenvalue weighted by Crippen LogP contribution is 2.48. The van der Waals surface area contributed by atoms with Crippen molar-refractivity contribution in [3.63, 3.8) is 0 Å². The maximum atomic E-state index is 13.1. The van der Waals surface area contributed by atoms with E-state index in [0.29, 0.717) is 13.1 Å². The Balaban J connectivity index is 1.25. The van der Waals surface area contributed by atoms with Crippen LogP contribution in [-0.2, 0) is 4.79 Å². The fourth-order valence-electron chi connectivity index (χ4n) is 4.56. The number of halogens is 1. The Labute approximate surface area is 161 Å². The first-order valence-corrected chi connectivity index (χ1v) is 9.85. The van der Waals surface area contributed by atoms with Crippen LogP contribution >= 0.6 is 0 Å². The monoisotopic (exact) mass is 379 g/mol. The van der Waals surface area contributed by atoms with Crippen molar-refractivity contribution in [2.45, 2.75) is 31.2 Å². The van der Waals surface area contributed by atoms with E-state index >= 15 is 0 Å². The normalized spacial score (nSPS) is 22.5. The summed E-state index contributed by atoms with van der Waals surface area (Å²) in [5, 5.41) is 0. The van der Waals surface area contributed by atoms with Crippen LogP contribution in [-0.4, -0.2) is 33.4 Å². The molecule has 144 valence electrons. The van der Waals surface area contributed by atoms with Crippen molar-refractivity contribution < 1.29 is 9.18 Å². The maximum absolute atomic E-state index is 13.1. The third kappa shape index (κ3) is 2.93. The number of aromatic amines is 1. The Morgan fingerprint density at radius 3 is 2.50 bits per heavy atom. The van der Waals surface area contributed by atoms with Crippen LogP contribution in [0.25, 0.3) is 11.0 Å². The SMILES string of the molecule is O=C([C@@H]1C[C@@H]1c1ccc(F)cc1)N1CCC(n2c(=O)[nH]c3ccccc32)CC1. The van der Waals surface area contributed by atoms with Crippen molar-refractivity contribution in [1.29, 1.82) is 0 Å². The fraction of sp³-hybridized carbons (Fsp3) is 0.364. The first-order valence-electron chi connectivity index (χ1n) is 9.85. The molecule has 1 saturated carbocycles. The van der Waals surface area contributed by atoms with Crippen LogP contribution in [0.5, 0.6) is 0 Å². The molecule has 2 aliphatic rings. The van der Waals surface area contributed by atoms with Gasteiger partial charge in [-0.3, -0.25) is 9.36 Å². The smallest absolute Gasteiger partial charge is 0.326 e. The zero-order valence-electron chi connectivity index (χ0n) is 15.5. The van der Waals surface area contributed by atoms with Crippen molar-refractivity contribution in [3.05, 3.63) is 70.4 Å². The molecule has 5 nitrogen and oxygen atoms in total. The molecule has 3 aromatic rings. The van der Waals surface area contributed by atoms with Gasteiger partial charge in [-0.25, -0.2) is 9.18 Å². The molecule has 0 bridgehead atoms. The van der Waals surface area contributed by atoms with Crippen LogP contribution in [0, 0.1) is 11.7 Å². The summed E-state index contributed by atoms with van der Waals surface area (Å²) in [5.74, 6) is 0.167. The molecule has 1 aliphatic heterocycles. The highest BCUT2D eigenvalue weighted by molar-refractivity contribution is 5.83. The second kappa shape index (κ2) is 6.62. The summed E-state index contributed by atoms with van der Waals surface area (Å²) in [6.07, 6.45) is 2.40. The topological polar surface area (TPSA) is 58.1 Å². The van der Waals surface area contributed by atoms with Gasteiger partial charge < -0.3 is 9.88 Å². The molecule has 2 heterocycles. The predicted molar refractivity (Wildman–Crippen MR) is 105 cm³/mol. The number of carbonyl (C=O) groups is 1. The van der Waals surface area contributed by atoms with E-state index in [4.69, 9.17) is 0 Å².